The molecule has 0 radical (unpaired) electrons. The number of aryl methyl sites for hydroxylation is 1. The molecule has 2 rings (SSSR count). The number of halogens is 3. The van der Waals surface area contributed by atoms with Gasteiger partial charge in [-0.15, -0.1) is 0 Å². The van der Waals surface area contributed by atoms with E-state index in [4.69, 9.17) is 0 Å². The van der Waals surface area contributed by atoms with E-state index in [2.05, 4.69) is 10.4 Å². The highest BCUT2D eigenvalue weighted by atomic mass is 19.3. The number of nitrogens with one attached hydrogen (secondary N) is 1. The van der Waals surface area contributed by atoms with Gasteiger partial charge in [0.25, 0.3) is 12.3 Å². The van der Waals surface area contributed by atoms with Crippen molar-refractivity contribution >= 4 is 11.7 Å². The number of carbonyl (C=O) groups is 1. The van der Waals surface area contributed by atoms with E-state index in [0.29, 0.717) is 0 Å². The summed E-state index contributed by atoms with van der Waals surface area (Å²) < 4.78 is 39.3. The molecule has 0 fully saturated rings. The zero-order valence-electron chi connectivity index (χ0n) is 9.90. The Bertz CT molecular complexity index is 610. The lowest BCUT2D eigenvalue weighted by Crippen LogP contribution is -2.15. The first kappa shape index (κ1) is 13.1. The largest absolute Gasteiger partial charge is 0.307 e. The van der Waals surface area contributed by atoms with Gasteiger partial charge in [-0.1, -0.05) is 12.1 Å². The van der Waals surface area contributed by atoms with E-state index in [1.54, 1.807) is 0 Å². The van der Waals surface area contributed by atoms with Crippen molar-refractivity contribution in [3.8, 4) is 0 Å². The number of hydrogen-bond donors (Lipinski definition) is 1. The Hall–Kier alpha value is -2.31. The Morgan fingerprint density at radius 3 is 2.63 bits per heavy atom. The summed E-state index contributed by atoms with van der Waals surface area (Å²) in [5.74, 6) is -1.33. The van der Waals surface area contributed by atoms with E-state index in [-0.39, 0.29) is 11.4 Å². The van der Waals surface area contributed by atoms with E-state index in [0.717, 1.165) is 16.8 Å². The summed E-state index contributed by atoms with van der Waals surface area (Å²) in [6.07, 6.45) is -2.73. The average Bonchev–Trinajstić information content (AvgIpc) is 2.71. The van der Waals surface area contributed by atoms with Crippen LogP contribution < -0.4 is 5.32 Å². The first-order chi connectivity index (χ1) is 8.99. The van der Waals surface area contributed by atoms with Crippen LogP contribution >= 0.6 is 0 Å². The minimum Gasteiger partial charge on any atom is -0.307 e. The Labute approximate surface area is 106 Å². The number of carbonyl (C=O) groups excluding carboxylic acids is 1. The normalized spacial score (nSPS) is 10.8. The Morgan fingerprint density at radius 2 is 2.05 bits per heavy atom. The van der Waals surface area contributed by atoms with Crippen LogP contribution in [0.25, 0.3) is 0 Å². The fourth-order valence-corrected chi connectivity index (χ4v) is 1.54. The molecule has 0 unspecified atom stereocenters. The second-order valence-electron chi connectivity index (χ2n) is 3.81. The quantitative estimate of drug-likeness (QED) is 0.931. The third-order valence-corrected chi connectivity index (χ3v) is 2.48. The van der Waals surface area contributed by atoms with Gasteiger partial charge in [0.05, 0.1) is 5.56 Å². The molecule has 0 bridgehead atoms. The fourth-order valence-electron chi connectivity index (χ4n) is 1.54. The van der Waals surface area contributed by atoms with Gasteiger partial charge in [-0.05, 0) is 12.1 Å². The highest BCUT2D eigenvalue weighted by molar-refractivity contribution is 6.04. The highest BCUT2D eigenvalue weighted by Crippen LogP contribution is 2.21. The number of benzene rings is 1. The van der Waals surface area contributed by atoms with Gasteiger partial charge in [0.2, 0.25) is 0 Å². The second-order valence-corrected chi connectivity index (χ2v) is 3.81. The van der Waals surface area contributed by atoms with Crippen molar-refractivity contribution in [3.63, 3.8) is 0 Å². The molecule has 1 N–H and O–H groups in total. The molecule has 2 aromatic rings. The molecule has 1 aromatic heterocycles. The van der Waals surface area contributed by atoms with E-state index in [1.165, 1.54) is 25.2 Å². The predicted octanol–water partition coefficient (Wildman–Crippen LogP) is 2.75. The lowest BCUT2D eigenvalue weighted by Gasteiger charge is -2.05. The van der Waals surface area contributed by atoms with Gasteiger partial charge in [-0.25, -0.2) is 13.2 Å². The Morgan fingerprint density at radius 1 is 1.37 bits per heavy atom. The SMILES string of the molecule is Cn1nc(C(F)F)cc1NC(=O)c1ccccc1F. The van der Waals surface area contributed by atoms with Gasteiger partial charge in [0.15, 0.2) is 0 Å². The Kier molecular flexibility index (Phi) is 3.55. The summed E-state index contributed by atoms with van der Waals surface area (Å²) in [6.45, 7) is 0. The average molecular weight is 269 g/mol. The van der Waals surface area contributed by atoms with Crippen LogP contribution in [-0.4, -0.2) is 15.7 Å². The number of anilines is 1. The lowest BCUT2D eigenvalue weighted by molar-refractivity contribution is 0.102. The van der Waals surface area contributed by atoms with Crippen LogP contribution in [0.1, 0.15) is 22.5 Å². The topological polar surface area (TPSA) is 46.9 Å². The van der Waals surface area contributed by atoms with Crippen LogP contribution in [-0.2, 0) is 7.05 Å². The van der Waals surface area contributed by atoms with Gasteiger partial charge in [0, 0.05) is 13.1 Å². The van der Waals surface area contributed by atoms with E-state index < -0.39 is 23.8 Å². The van der Waals surface area contributed by atoms with E-state index in [1.807, 2.05) is 0 Å². The van der Waals surface area contributed by atoms with Crippen LogP contribution in [0, 0.1) is 5.82 Å². The fraction of sp³-hybridized carbons (Fsp3) is 0.167. The Balaban J connectivity index is 2.22. The zero-order chi connectivity index (χ0) is 14.0. The van der Waals surface area contributed by atoms with E-state index in [9.17, 15) is 18.0 Å². The molecule has 0 aliphatic rings. The monoisotopic (exact) mass is 269 g/mol. The summed E-state index contributed by atoms with van der Waals surface area (Å²) in [7, 11) is 1.41. The van der Waals surface area contributed by atoms with Crippen molar-refractivity contribution in [1.82, 2.24) is 9.78 Å². The molecule has 19 heavy (non-hydrogen) atoms. The minimum absolute atomic E-state index is 0.0727. The molecule has 0 aliphatic carbocycles. The van der Waals surface area contributed by atoms with Gasteiger partial charge < -0.3 is 5.32 Å². The van der Waals surface area contributed by atoms with Crippen LogP contribution in [0.3, 0.4) is 0 Å². The number of nitrogens with zero attached hydrogens (tertiary/aromatic N) is 2. The van der Waals surface area contributed by atoms with Gasteiger partial charge in [-0.2, -0.15) is 5.10 Å². The van der Waals surface area contributed by atoms with Crippen LogP contribution in [0.4, 0.5) is 19.0 Å². The van der Waals surface area contributed by atoms with Crippen molar-refractivity contribution in [1.29, 1.82) is 0 Å². The molecule has 0 aliphatic heterocycles. The number of aromatic nitrogens is 2. The van der Waals surface area contributed by atoms with Gasteiger partial charge in [0.1, 0.15) is 17.3 Å². The highest BCUT2D eigenvalue weighted by Gasteiger charge is 2.17. The summed E-state index contributed by atoms with van der Waals surface area (Å²) >= 11 is 0. The summed E-state index contributed by atoms with van der Waals surface area (Å²) in [6, 6.07) is 6.44. The number of rotatable bonds is 3. The third kappa shape index (κ3) is 2.75. The van der Waals surface area contributed by atoms with Crippen molar-refractivity contribution in [3.05, 3.63) is 47.4 Å². The van der Waals surface area contributed by atoms with Crippen molar-refractivity contribution in [2.45, 2.75) is 6.43 Å². The summed E-state index contributed by atoms with van der Waals surface area (Å²) in [5.41, 5.74) is -0.617. The third-order valence-electron chi connectivity index (χ3n) is 2.48. The summed E-state index contributed by atoms with van der Waals surface area (Å²) in [5, 5.41) is 5.87. The number of hydrogen-bond acceptors (Lipinski definition) is 2. The number of alkyl halides is 2. The molecule has 100 valence electrons. The zero-order valence-corrected chi connectivity index (χ0v) is 9.90. The molecule has 4 nitrogen and oxygen atoms in total. The van der Waals surface area contributed by atoms with Crippen molar-refractivity contribution in [2.75, 3.05) is 5.32 Å². The standard InChI is InChI=1S/C12H10F3N3O/c1-18-10(6-9(17-18)11(14)15)16-12(19)7-4-2-3-5-8(7)13/h2-6,11H,1H3,(H,16,19). The smallest absolute Gasteiger partial charge is 0.282 e. The summed E-state index contributed by atoms with van der Waals surface area (Å²) in [4.78, 5) is 11.8. The molecule has 1 aromatic carbocycles. The molecule has 0 saturated carbocycles. The predicted molar refractivity (Wildman–Crippen MR) is 62.5 cm³/mol. The maximum absolute atomic E-state index is 13.4. The first-order valence-corrected chi connectivity index (χ1v) is 5.37. The first-order valence-electron chi connectivity index (χ1n) is 5.37. The van der Waals surface area contributed by atoms with Gasteiger partial charge >= 0.3 is 0 Å². The maximum atomic E-state index is 13.4. The van der Waals surface area contributed by atoms with Crippen LogP contribution in [0.15, 0.2) is 30.3 Å². The van der Waals surface area contributed by atoms with Crippen LogP contribution in [0.2, 0.25) is 0 Å². The second kappa shape index (κ2) is 5.13. The molecular weight excluding hydrogens is 259 g/mol. The maximum Gasteiger partial charge on any atom is 0.282 e. The molecule has 0 spiro atoms. The molecule has 7 heteroatoms. The van der Waals surface area contributed by atoms with Crippen molar-refractivity contribution in [2.24, 2.45) is 7.05 Å². The van der Waals surface area contributed by atoms with Crippen molar-refractivity contribution < 1.29 is 18.0 Å². The van der Waals surface area contributed by atoms with Gasteiger partial charge in [-0.3, -0.25) is 9.48 Å². The molecule has 1 amide bonds. The molecular formula is C12H10F3N3O. The van der Waals surface area contributed by atoms with Crippen LogP contribution in [0.5, 0.6) is 0 Å². The number of amides is 1. The van der Waals surface area contributed by atoms with E-state index >= 15 is 0 Å². The molecule has 1 heterocycles. The molecule has 0 saturated heterocycles. The lowest BCUT2D eigenvalue weighted by atomic mass is 10.2. The molecule has 0 atom stereocenters. The minimum atomic E-state index is -2.73.